The van der Waals surface area contributed by atoms with E-state index in [0.29, 0.717) is 12.0 Å². The Morgan fingerprint density at radius 3 is 2.76 bits per heavy atom. The van der Waals surface area contributed by atoms with Crippen LogP contribution in [0.3, 0.4) is 0 Å². The van der Waals surface area contributed by atoms with E-state index in [-0.39, 0.29) is 5.91 Å². The lowest BCUT2D eigenvalue weighted by Gasteiger charge is -2.22. The molecular weight excluding hydrogens is 212 g/mol. The minimum atomic E-state index is 0.105. The second-order valence-corrected chi connectivity index (χ2v) is 3.91. The van der Waals surface area contributed by atoms with Gasteiger partial charge in [0, 0.05) is 18.7 Å². The summed E-state index contributed by atoms with van der Waals surface area (Å²) < 4.78 is 0. The quantitative estimate of drug-likeness (QED) is 0.780. The average molecular weight is 230 g/mol. The molecule has 0 radical (unpaired) electrons. The monoisotopic (exact) mass is 230 g/mol. The minimum absolute atomic E-state index is 0.105. The summed E-state index contributed by atoms with van der Waals surface area (Å²) in [5.41, 5.74) is 1.41. The van der Waals surface area contributed by atoms with Crippen LogP contribution in [0.5, 0.6) is 0 Å². The highest BCUT2D eigenvalue weighted by Gasteiger charge is 2.13. The molecule has 0 saturated carbocycles. The third-order valence-corrected chi connectivity index (χ3v) is 2.63. The highest BCUT2D eigenvalue weighted by molar-refractivity contribution is 5.93. The van der Waals surface area contributed by atoms with Crippen molar-refractivity contribution in [1.82, 2.24) is 0 Å². The summed E-state index contributed by atoms with van der Waals surface area (Å²) in [5, 5.41) is 8.86. The Hall–Kier alpha value is -1.82. The number of amides is 1. The van der Waals surface area contributed by atoms with Crippen LogP contribution in [0.25, 0.3) is 0 Å². The Morgan fingerprint density at radius 2 is 2.18 bits per heavy atom. The number of hydrogen-bond acceptors (Lipinski definition) is 2. The van der Waals surface area contributed by atoms with Gasteiger partial charge in [0.1, 0.15) is 0 Å². The van der Waals surface area contributed by atoms with Crippen molar-refractivity contribution < 1.29 is 4.79 Å². The number of nitrogens with zero attached hydrogens (tertiary/aromatic N) is 2. The van der Waals surface area contributed by atoms with Crippen molar-refractivity contribution >= 4 is 11.6 Å². The largest absolute Gasteiger partial charge is 0.312 e. The van der Waals surface area contributed by atoms with E-state index in [0.717, 1.165) is 25.1 Å². The van der Waals surface area contributed by atoms with E-state index in [9.17, 15) is 4.79 Å². The van der Waals surface area contributed by atoms with E-state index in [1.807, 2.05) is 19.1 Å². The SMILES string of the molecule is CCCCN(C(=O)CC)c1cccc(C#N)c1. The Balaban J connectivity index is 2.95. The van der Waals surface area contributed by atoms with Crippen LogP contribution in [-0.2, 0) is 4.79 Å². The van der Waals surface area contributed by atoms with Crippen LogP contribution in [0, 0.1) is 11.3 Å². The van der Waals surface area contributed by atoms with Crippen LogP contribution in [-0.4, -0.2) is 12.5 Å². The lowest BCUT2D eigenvalue weighted by atomic mass is 10.2. The Labute approximate surface area is 103 Å². The van der Waals surface area contributed by atoms with Gasteiger partial charge in [-0.15, -0.1) is 0 Å². The molecule has 1 aromatic carbocycles. The van der Waals surface area contributed by atoms with E-state index in [1.165, 1.54) is 0 Å². The van der Waals surface area contributed by atoms with Gasteiger partial charge in [-0.2, -0.15) is 5.26 Å². The molecule has 1 aromatic rings. The van der Waals surface area contributed by atoms with Crippen LogP contribution in [0.15, 0.2) is 24.3 Å². The second-order valence-electron chi connectivity index (χ2n) is 3.91. The van der Waals surface area contributed by atoms with E-state index in [4.69, 9.17) is 5.26 Å². The maximum absolute atomic E-state index is 11.9. The van der Waals surface area contributed by atoms with Gasteiger partial charge in [-0.25, -0.2) is 0 Å². The number of hydrogen-bond donors (Lipinski definition) is 0. The highest BCUT2D eigenvalue weighted by atomic mass is 16.2. The van der Waals surface area contributed by atoms with Crippen molar-refractivity contribution in [2.24, 2.45) is 0 Å². The molecule has 0 aliphatic rings. The zero-order valence-corrected chi connectivity index (χ0v) is 10.4. The van der Waals surface area contributed by atoms with Gasteiger partial charge >= 0.3 is 0 Å². The van der Waals surface area contributed by atoms with Crippen LogP contribution >= 0.6 is 0 Å². The predicted molar refractivity (Wildman–Crippen MR) is 68.7 cm³/mol. The summed E-state index contributed by atoms with van der Waals surface area (Å²) in [6.07, 6.45) is 2.51. The molecule has 0 aromatic heterocycles. The molecule has 0 atom stereocenters. The first kappa shape index (κ1) is 13.2. The number of anilines is 1. The molecule has 0 saturated heterocycles. The molecule has 90 valence electrons. The number of nitriles is 1. The molecule has 3 heteroatoms. The van der Waals surface area contributed by atoms with Crippen molar-refractivity contribution in [3.05, 3.63) is 29.8 Å². The van der Waals surface area contributed by atoms with E-state index < -0.39 is 0 Å². The third kappa shape index (κ3) is 3.60. The standard InChI is InChI=1S/C14H18N2O/c1-3-5-9-16(14(17)4-2)13-8-6-7-12(10-13)11-15/h6-8,10H,3-5,9H2,1-2H3. The molecule has 0 bridgehead atoms. The maximum atomic E-state index is 11.9. The smallest absolute Gasteiger partial charge is 0.226 e. The van der Waals surface area contributed by atoms with Crippen LogP contribution in [0.4, 0.5) is 5.69 Å². The maximum Gasteiger partial charge on any atom is 0.226 e. The molecule has 0 unspecified atom stereocenters. The van der Waals surface area contributed by atoms with Crippen molar-refractivity contribution in [2.75, 3.05) is 11.4 Å². The molecular formula is C14H18N2O. The van der Waals surface area contributed by atoms with E-state index in [1.54, 1.807) is 17.0 Å². The first-order valence-electron chi connectivity index (χ1n) is 6.03. The van der Waals surface area contributed by atoms with Gasteiger partial charge in [0.25, 0.3) is 0 Å². The Kier molecular flexibility index (Phi) is 5.22. The summed E-state index contributed by atoms with van der Waals surface area (Å²) in [6, 6.07) is 9.31. The van der Waals surface area contributed by atoms with Gasteiger partial charge in [-0.05, 0) is 24.6 Å². The summed E-state index contributed by atoms with van der Waals surface area (Å²) in [5.74, 6) is 0.105. The minimum Gasteiger partial charge on any atom is -0.312 e. The van der Waals surface area contributed by atoms with Gasteiger partial charge in [0.05, 0.1) is 11.6 Å². The fourth-order valence-electron chi connectivity index (χ4n) is 1.65. The van der Waals surface area contributed by atoms with Crippen molar-refractivity contribution in [3.63, 3.8) is 0 Å². The topological polar surface area (TPSA) is 44.1 Å². The summed E-state index contributed by atoms with van der Waals surface area (Å²) in [7, 11) is 0. The lowest BCUT2D eigenvalue weighted by molar-refractivity contribution is -0.118. The number of benzene rings is 1. The first-order chi connectivity index (χ1) is 8.22. The van der Waals surface area contributed by atoms with Crippen molar-refractivity contribution in [2.45, 2.75) is 33.1 Å². The van der Waals surface area contributed by atoms with Crippen LogP contribution in [0.2, 0.25) is 0 Å². The Morgan fingerprint density at radius 1 is 1.41 bits per heavy atom. The predicted octanol–water partition coefficient (Wildman–Crippen LogP) is 3.10. The summed E-state index contributed by atoms with van der Waals surface area (Å²) in [6.45, 7) is 4.67. The zero-order valence-electron chi connectivity index (χ0n) is 10.4. The fraction of sp³-hybridized carbons (Fsp3) is 0.429. The number of carbonyl (C=O) groups excluding carboxylic acids is 1. The first-order valence-corrected chi connectivity index (χ1v) is 6.03. The summed E-state index contributed by atoms with van der Waals surface area (Å²) >= 11 is 0. The number of carbonyl (C=O) groups is 1. The van der Waals surface area contributed by atoms with Gasteiger partial charge in [0.15, 0.2) is 0 Å². The van der Waals surface area contributed by atoms with Crippen LogP contribution in [0.1, 0.15) is 38.7 Å². The molecule has 0 N–H and O–H groups in total. The number of unbranched alkanes of at least 4 members (excludes halogenated alkanes) is 1. The normalized spacial score (nSPS) is 9.71. The van der Waals surface area contributed by atoms with Gasteiger partial charge in [-0.1, -0.05) is 26.3 Å². The lowest BCUT2D eigenvalue weighted by Crippen LogP contribution is -2.31. The average Bonchev–Trinajstić information content (AvgIpc) is 2.39. The van der Waals surface area contributed by atoms with E-state index in [2.05, 4.69) is 13.0 Å². The van der Waals surface area contributed by atoms with Gasteiger partial charge < -0.3 is 4.90 Å². The molecule has 0 heterocycles. The zero-order chi connectivity index (χ0) is 12.7. The van der Waals surface area contributed by atoms with Gasteiger partial charge in [0.2, 0.25) is 5.91 Å². The molecule has 17 heavy (non-hydrogen) atoms. The molecule has 0 aliphatic heterocycles. The molecule has 1 rings (SSSR count). The van der Waals surface area contributed by atoms with Crippen LogP contribution < -0.4 is 4.90 Å². The molecule has 0 aliphatic carbocycles. The van der Waals surface area contributed by atoms with Crippen molar-refractivity contribution in [3.8, 4) is 6.07 Å². The second kappa shape index (κ2) is 6.70. The van der Waals surface area contributed by atoms with Crippen molar-refractivity contribution in [1.29, 1.82) is 5.26 Å². The fourth-order valence-corrected chi connectivity index (χ4v) is 1.65. The molecule has 0 spiro atoms. The number of rotatable bonds is 5. The van der Waals surface area contributed by atoms with Gasteiger partial charge in [-0.3, -0.25) is 4.79 Å². The molecule has 3 nitrogen and oxygen atoms in total. The molecule has 1 amide bonds. The highest BCUT2D eigenvalue weighted by Crippen LogP contribution is 2.17. The van der Waals surface area contributed by atoms with E-state index >= 15 is 0 Å². The Bertz CT molecular complexity index is 420. The third-order valence-electron chi connectivity index (χ3n) is 2.63. The summed E-state index contributed by atoms with van der Waals surface area (Å²) in [4.78, 5) is 13.6. The molecule has 0 fully saturated rings.